The third kappa shape index (κ3) is 3.27. The molecule has 1 atom stereocenters. The Bertz CT molecular complexity index is 515. The number of hydrogen-bond acceptors (Lipinski definition) is 2. The topological polar surface area (TPSA) is 25.2 Å². The molecule has 0 aliphatic carbocycles. The number of rotatable bonds is 6. The SMILES string of the molecule is CCCNC(c1ccc(CC)o1)c1ccccc1C. The normalized spacial score (nSPS) is 12.6. The van der Waals surface area contributed by atoms with Crippen molar-refractivity contribution in [3.63, 3.8) is 0 Å². The van der Waals surface area contributed by atoms with Crippen LogP contribution in [0.2, 0.25) is 0 Å². The van der Waals surface area contributed by atoms with E-state index in [1.165, 1.54) is 11.1 Å². The van der Waals surface area contributed by atoms with Crippen LogP contribution in [0.3, 0.4) is 0 Å². The third-order valence-corrected chi connectivity index (χ3v) is 3.41. The average molecular weight is 257 g/mol. The molecule has 1 unspecified atom stereocenters. The van der Waals surface area contributed by atoms with Gasteiger partial charge in [-0.2, -0.15) is 0 Å². The molecule has 0 saturated carbocycles. The Morgan fingerprint density at radius 2 is 1.89 bits per heavy atom. The van der Waals surface area contributed by atoms with Crippen LogP contribution in [-0.2, 0) is 6.42 Å². The highest BCUT2D eigenvalue weighted by Crippen LogP contribution is 2.26. The lowest BCUT2D eigenvalue weighted by Gasteiger charge is -2.19. The van der Waals surface area contributed by atoms with E-state index in [0.29, 0.717) is 0 Å². The summed E-state index contributed by atoms with van der Waals surface area (Å²) >= 11 is 0. The number of benzene rings is 1. The minimum atomic E-state index is 0.154. The lowest BCUT2D eigenvalue weighted by molar-refractivity contribution is 0.421. The van der Waals surface area contributed by atoms with Gasteiger partial charge in [-0.1, -0.05) is 38.1 Å². The van der Waals surface area contributed by atoms with Crippen LogP contribution in [-0.4, -0.2) is 6.54 Å². The molecule has 1 heterocycles. The second kappa shape index (κ2) is 6.58. The van der Waals surface area contributed by atoms with Gasteiger partial charge in [-0.15, -0.1) is 0 Å². The maximum Gasteiger partial charge on any atom is 0.125 e. The molecule has 0 radical (unpaired) electrons. The van der Waals surface area contributed by atoms with Crippen LogP contribution in [0.5, 0.6) is 0 Å². The van der Waals surface area contributed by atoms with E-state index in [0.717, 1.165) is 30.9 Å². The Hall–Kier alpha value is -1.54. The highest BCUT2D eigenvalue weighted by Gasteiger charge is 2.18. The number of nitrogens with one attached hydrogen (secondary N) is 1. The molecule has 19 heavy (non-hydrogen) atoms. The first kappa shape index (κ1) is 13.9. The van der Waals surface area contributed by atoms with E-state index in [1.807, 2.05) is 0 Å². The molecule has 0 aliphatic rings. The van der Waals surface area contributed by atoms with Crippen molar-refractivity contribution in [2.75, 3.05) is 6.54 Å². The lowest BCUT2D eigenvalue weighted by atomic mass is 9.99. The second-order valence-electron chi connectivity index (χ2n) is 4.90. The fourth-order valence-corrected chi connectivity index (χ4v) is 2.30. The Morgan fingerprint density at radius 1 is 1.11 bits per heavy atom. The zero-order valence-electron chi connectivity index (χ0n) is 12.1. The van der Waals surface area contributed by atoms with Crippen LogP contribution in [0.1, 0.15) is 49.0 Å². The number of furan rings is 1. The first-order valence-electron chi connectivity index (χ1n) is 7.13. The first-order valence-corrected chi connectivity index (χ1v) is 7.13. The van der Waals surface area contributed by atoms with Crippen molar-refractivity contribution < 1.29 is 4.42 Å². The van der Waals surface area contributed by atoms with E-state index in [9.17, 15) is 0 Å². The molecular formula is C17H23NO. The third-order valence-electron chi connectivity index (χ3n) is 3.41. The Morgan fingerprint density at radius 3 is 2.53 bits per heavy atom. The van der Waals surface area contributed by atoms with Crippen molar-refractivity contribution in [2.24, 2.45) is 0 Å². The molecule has 102 valence electrons. The summed E-state index contributed by atoms with van der Waals surface area (Å²) < 4.78 is 5.94. The molecule has 2 rings (SSSR count). The Balaban J connectivity index is 2.32. The Kier molecular flexibility index (Phi) is 4.80. The summed E-state index contributed by atoms with van der Waals surface area (Å²) in [7, 11) is 0. The lowest BCUT2D eigenvalue weighted by Crippen LogP contribution is -2.23. The highest BCUT2D eigenvalue weighted by atomic mass is 16.3. The molecule has 2 aromatic rings. The fourth-order valence-electron chi connectivity index (χ4n) is 2.30. The molecule has 1 aromatic heterocycles. The van der Waals surface area contributed by atoms with Gasteiger partial charge in [-0.3, -0.25) is 0 Å². The van der Waals surface area contributed by atoms with Crippen molar-refractivity contribution in [1.29, 1.82) is 0 Å². The van der Waals surface area contributed by atoms with Gasteiger partial charge in [0.05, 0.1) is 6.04 Å². The van der Waals surface area contributed by atoms with E-state index in [-0.39, 0.29) is 6.04 Å². The van der Waals surface area contributed by atoms with Crippen molar-refractivity contribution in [3.8, 4) is 0 Å². The molecule has 2 nitrogen and oxygen atoms in total. The predicted molar refractivity (Wildman–Crippen MR) is 79.4 cm³/mol. The van der Waals surface area contributed by atoms with Crippen molar-refractivity contribution in [3.05, 3.63) is 59.0 Å². The van der Waals surface area contributed by atoms with Crippen molar-refractivity contribution >= 4 is 0 Å². The molecule has 0 amide bonds. The minimum Gasteiger partial charge on any atom is -0.464 e. The van der Waals surface area contributed by atoms with E-state index in [1.54, 1.807) is 0 Å². The largest absolute Gasteiger partial charge is 0.464 e. The molecular weight excluding hydrogens is 234 g/mol. The molecule has 0 bridgehead atoms. The molecule has 0 fully saturated rings. The van der Waals surface area contributed by atoms with Gasteiger partial charge in [-0.05, 0) is 43.1 Å². The fraction of sp³-hybridized carbons (Fsp3) is 0.412. The van der Waals surface area contributed by atoms with E-state index in [4.69, 9.17) is 4.42 Å². The van der Waals surface area contributed by atoms with Crippen LogP contribution < -0.4 is 5.32 Å². The summed E-state index contributed by atoms with van der Waals surface area (Å²) in [4.78, 5) is 0. The maximum absolute atomic E-state index is 5.94. The average Bonchev–Trinajstić information content (AvgIpc) is 2.90. The minimum absolute atomic E-state index is 0.154. The van der Waals surface area contributed by atoms with Gasteiger partial charge in [0, 0.05) is 6.42 Å². The molecule has 0 aliphatic heterocycles. The van der Waals surface area contributed by atoms with Gasteiger partial charge in [0.1, 0.15) is 11.5 Å². The van der Waals surface area contributed by atoms with Crippen LogP contribution in [0, 0.1) is 6.92 Å². The smallest absolute Gasteiger partial charge is 0.125 e. The summed E-state index contributed by atoms with van der Waals surface area (Å²) in [5, 5.41) is 3.59. The van der Waals surface area contributed by atoms with E-state index < -0.39 is 0 Å². The molecule has 0 spiro atoms. The number of aryl methyl sites for hydroxylation is 2. The summed E-state index contributed by atoms with van der Waals surface area (Å²) in [5.41, 5.74) is 2.60. The zero-order valence-corrected chi connectivity index (χ0v) is 12.1. The van der Waals surface area contributed by atoms with Crippen LogP contribution >= 0.6 is 0 Å². The monoisotopic (exact) mass is 257 g/mol. The molecule has 1 N–H and O–H groups in total. The quantitative estimate of drug-likeness (QED) is 0.837. The second-order valence-corrected chi connectivity index (χ2v) is 4.90. The van der Waals surface area contributed by atoms with E-state index in [2.05, 4.69) is 62.5 Å². The van der Waals surface area contributed by atoms with Crippen molar-refractivity contribution in [1.82, 2.24) is 5.32 Å². The predicted octanol–water partition coefficient (Wildman–Crippen LogP) is 4.24. The summed E-state index contributed by atoms with van der Waals surface area (Å²) in [6.45, 7) is 7.44. The standard InChI is InChI=1S/C17H23NO/c1-4-12-18-17(15-9-7-6-8-13(15)3)16-11-10-14(5-2)19-16/h6-11,17-18H,4-5,12H2,1-3H3. The van der Waals surface area contributed by atoms with Gasteiger partial charge in [-0.25, -0.2) is 0 Å². The van der Waals surface area contributed by atoms with Gasteiger partial charge in [0.15, 0.2) is 0 Å². The maximum atomic E-state index is 5.94. The summed E-state index contributed by atoms with van der Waals surface area (Å²) in [5.74, 6) is 2.06. The van der Waals surface area contributed by atoms with Crippen LogP contribution in [0.4, 0.5) is 0 Å². The summed E-state index contributed by atoms with van der Waals surface area (Å²) in [6.07, 6.45) is 2.05. The zero-order chi connectivity index (χ0) is 13.7. The van der Waals surface area contributed by atoms with E-state index >= 15 is 0 Å². The van der Waals surface area contributed by atoms with Crippen LogP contribution in [0.15, 0.2) is 40.8 Å². The first-order chi connectivity index (χ1) is 9.26. The van der Waals surface area contributed by atoms with Crippen molar-refractivity contribution in [2.45, 2.75) is 39.7 Å². The Labute approximate surface area is 115 Å². The van der Waals surface area contributed by atoms with Gasteiger partial charge in [0.2, 0.25) is 0 Å². The van der Waals surface area contributed by atoms with Gasteiger partial charge < -0.3 is 9.73 Å². The molecule has 0 saturated heterocycles. The number of hydrogen-bond donors (Lipinski definition) is 1. The molecule has 2 heteroatoms. The molecule has 1 aromatic carbocycles. The van der Waals surface area contributed by atoms with Gasteiger partial charge in [0.25, 0.3) is 0 Å². The summed E-state index contributed by atoms with van der Waals surface area (Å²) in [6, 6.07) is 12.8. The van der Waals surface area contributed by atoms with Gasteiger partial charge >= 0.3 is 0 Å². The van der Waals surface area contributed by atoms with Crippen LogP contribution in [0.25, 0.3) is 0 Å². The highest BCUT2D eigenvalue weighted by molar-refractivity contribution is 5.34.